The number of rotatable bonds is 8. The van der Waals surface area contributed by atoms with Crippen LogP contribution < -0.4 is 10.6 Å². The summed E-state index contributed by atoms with van der Waals surface area (Å²) in [7, 11) is 0. The fourth-order valence-corrected chi connectivity index (χ4v) is 1.13. The molecular weight excluding hydrogens is 212 g/mol. The Bertz CT molecular complexity index is 231. The van der Waals surface area contributed by atoms with Crippen molar-refractivity contribution in [3.05, 3.63) is 0 Å². The molecule has 1 amide bonds. The number of carboxylic acid groups (broad SMARTS) is 1. The van der Waals surface area contributed by atoms with Gasteiger partial charge >= 0.3 is 5.97 Å². The quantitative estimate of drug-likeness (QED) is 0.445. The molecule has 0 heterocycles. The van der Waals surface area contributed by atoms with E-state index < -0.39 is 12.0 Å². The molecule has 0 aliphatic carbocycles. The number of aliphatic hydroxyl groups is 1. The minimum absolute atomic E-state index is 0.0265. The molecule has 0 saturated carbocycles. The molecule has 0 aromatic carbocycles. The monoisotopic (exact) mass is 232 g/mol. The van der Waals surface area contributed by atoms with Crippen LogP contribution in [-0.4, -0.2) is 47.3 Å². The van der Waals surface area contributed by atoms with Gasteiger partial charge in [0.2, 0.25) is 5.91 Å². The van der Waals surface area contributed by atoms with Crippen LogP contribution in [0, 0.1) is 0 Å². The number of carboxylic acids is 1. The Morgan fingerprint density at radius 1 is 1.31 bits per heavy atom. The van der Waals surface area contributed by atoms with E-state index >= 15 is 0 Å². The van der Waals surface area contributed by atoms with Crippen molar-refractivity contribution in [2.75, 3.05) is 13.2 Å². The van der Waals surface area contributed by atoms with Crippen LogP contribution in [0.4, 0.5) is 0 Å². The van der Waals surface area contributed by atoms with Crippen molar-refractivity contribution in [3.8, 4) is 0 Å². The fourth-order valence-electron chi connectivity index (χ4n) is 1.13. The molecular formula is C10H20N2O4. The smallest absolute Gasteiger partial charge is 0.326 e. The van der Waals surface area contributed by atoms with Gasteiger partial charge in [0.25, 0.3) is 0 Å². The zero-order valence-corrected chi connectivity index (χ0v) is 9.69. The van der Waals surface area contributed by atoms with Crippen LogP contribution in [0.5, 0.6) is 0 Å². The highest BCUT2D eigenvalue weighted by Gasteiger charge is 2.18. The van der Waals surface area contributed by atoms with E-state index in [0.29, 0.717) is 12.6 Å². The van der Waals surface area contributed by atoms with Gasteiger partial charge in [-0.3, -0.25) is 4.79 Å². The SMILES string of the molecule is CC(C)NCCC(=O)N[C@H](CCO)C(=O)O. The number of aliphatic hydroxyl groups excluding tert-OH is 1. The first-order valence-electron chi connectivity index (χ1n) is 5.33. The largest absolute Gasteiger partial charge is 0.480 e. The third-order valence-corrected chi connectivity index (χ3v) is 1.96. The first kappa shape index (κ1) is 14.9. The fraction of sp³-hybridized carbons (Fsp3) is 0.800. The number of amides is 1. The Labute approximate surface area is 95.0 Å². The van der Waals surface area contributed by atoms with E-state index in [1.807, 2.05) is 13.8 Å². The molecule has 0 aliphatic heterocycles. The maximum Gasteiger partial charge on any atom is 0.326 e. The number of carbonyl (C=O) groups excluding carboxylic acids is 1. The molecule has 6 heteroatoms. The van der Waals surface area contributed by atoms with Gasteiger partial charge in [0.05, 0.1) is 0 Å². The Morgan fingerprint density at radius 3 is 2.38 bits per heavy atom. The van der Waals surface area contributed by atoms with E-state index in [2.05, 4.69) is 10.6 Å². The molecule has 0 bridgehead atoms. The summed E-state index contributed by atoms with van der Waals surface area (Å²) in [6, 6.07) is -0.711. The molecule has 94 valence electrons. The summed E-state index contributed by atoms with van der Waals surface area (Å²) in [6.45, 7) is 4.17. The molecule has 0 aromatic rings. The molecule has 6 nitrogen and oxygen atoms in total. The van der Waals surface area contributed by atoms with Gasteiger partial charge in [-0.15, -0.1) is 0 Å². The van der Waals surface area contributed by atoms with Gasteiger partial charge in [0, 0.05) is 32.0 Å². The molecule has 0 fully saturated rings. The summed E-state index contributed by atoms with van der Waals surface area (Å²) in [4.78, 5) is 22.0. The predicted octanol–water partition coefficient (Wildman–Crippen LogP) is -0.674. The van der Waals surface area contributed by atoms with Crippen LogP contribution in [0.3, 0.4) is 0 Å². The summed E-state index contributed by atoms with van der Waals surface area (Å²) >= 11 is 0. The van der Waals surface area contributed by atoms with E-state index in [9.17, 15) is 9.59 Å². The number of carbonyl (C=O) groups is 2. The Hall–Kier alpha value is -1.14. The van der Waals surface area contributed by atoms with Crippen LogP contribution in [0.2, 0.25) is 0 Å². The van der Waals surface area contributed by atoms with Crippen molar-refractivity contribution >= 4 is 11.9 Å². The van der Waals surface area contributed by atoms with E-state index in [0.717, 1.165) is 0 Å². The van der Waals surface area contributed by atoms with E-state index in [4.69, 9.17) is 10.2 Å². The molecule has 1 atom stereocenters. The van der Waals surface area contributed by atoms with Crippen LogP contribution in [-0.2, 0) is 9.59 Å². The zero-order chi connectivity index (χ0) is 12.6. The summed E-state index contributed by atoms with van der Waals surface area (Å²) in [5, 5.41) is 22.8. The van der Waals surface area contributed by atoms with Crippen LogP contribution in [0.25, 0.3) is 0 Å². The number of nitrogens with one attached hydrogen (secondary N) is 2. The average molecular weight is 232 g/mol. The van der Waals surface area contributed by atoms with Gasteiger partial charge in [-0.1, -0.05) is 13.8 Å². The minimum Gasteiger partial charge on any atom is -0.480 e. The third kappa shape index (κ3) is 7.19. The minimum atomic E-state index is -1.13. The lowest BCUT2D eigenvalue weighted by Crippen LogP contribution is -2.42. The molecule has 0 radical (unpaired) electrons. The second-order valence-electron chi connectivity index (χ2n) is 3.83. The average Bonchev–Trinajstić information content (AvgIpc) is 2.16. The molecule has 0 spiro atoms. The number of aliphatic carboxylic acids is 1. The standard InChI is InChI=1S/C10H20N2O4/c1-7(2)11-5-3-9(14)12-8(4-6-13)10(15)16/h7-8,11,13H,3-6H2,1-2H3,(H,12,14)(H,15,16)/t8-/m1/s1. The van der Waals surface area contributed by atoms with E-state index in [1.165, 1.54) is 0 Å². The number of hydrogen-bond acceptors (Lipinski definition) is 4. The second kappa shape index (κ2) is 8.06. The Morgan fingerprint density at radius 2 is 1.94 bits per heavy atom. The molecule has 0 aromatic heterocycles. The van der Waals surface area contributed by atoms with Crippen molar-refractivity contribution in [2.45, 2.75) is 38.8 Å². The van der Waals surface area contributed by atoms with Gasteiger partial charge in [-0.05, 0) is 0 Å². The maximum atomic E-state index is 11.3. The van der Waals surface area contributed by atoms with E-state index in [-0.39, 0.29) is 25.4 Å². The lowest BCUT2D eigenvalue weighted by molar-refractivity contribution is -0.142. The van der Waals surface area contributed by atoms with Gasteiger partial charge in [0.15, 0.2) is 0 Å². The summed E-state index contributed by atoms with van der Waals surface area (Å²) in [5.74, 6) is -1.45. The van der Waals surface area contributed by atoms with Crippen LogP contribution in [0.15, 0.2) is 0 Å². The molecule has 0 aliphatic rings. The molecule has 4 N–H and O–H groups in total. The van der Waals surface area contributed by atoms with Gasteiger partial charge in [-0.2, -0.15) is 0 Å². The van der Waals surface area contributed by atoms with Crippen LogP contribution >= 0.6 is 0 Å². The Balaban J connectivity index is 3.86. The van der Waals surface area contributed by atoms with Gasteiger partial charge in [-0.25, -0.2) is 4.79 Å². The zero-order valence-electron chi connectivity index (χ0n) is 9.69. The summed E-state index contributed by atoms with van der Waals surface area (Å²) in [6.07, 6.45) is 0.256. The normalized spacial score (nSPS) is 12.5. The van der Waals surface area contributed by atoms with E-state index in [1.54, 1.807) is 0 Å². The highest BCUT2D eigenvalue weighted by atomic mass is 16.4. The molecule has 0 saturated heterocycles. The van der Waals surface area contributed by atoms with Crippen molar-refractivity contribution in [2.24, 2.45) is 0 Å². The lowest BCUT2D eigenvalue weighted by atomic mass is 10.2. The van der Waals surface area contributed by atoms with Gasteiger partial charge < -0.3 is 20.8 Å². The highest BCUT2D eigenvalue weighted by Crippen LogP contribution is 1.92. The topological polar surface area (TPSA) is 98.7 Å². The third-order valence-electron chi connectivity index (χ3n) is 1.96. The first-order valence-corrected chi connectivity index (χ1v) is 5.33. The van der Waals surface area contributed by atoms with Crippen LogP contribution in [0.1, 0.15) is 26.7 Å². The maximum absolute atomic E-state index is 11.3. The first-order chi connectivity index (χ1) is 7.47. The lowest BCUT2D eigenvalue weighted by Gasteiger charge is -2.13. The Kier molecular flexibility index (Phi) is 7.49. The number of hydrogen-bond donors (Lipinski definition) is 4. The summed E-state index contributed by atoms with van der Waals surface area (Å²) < 4.78 is 0. The van der Waals surface area contributed by atoms with Crippen molar-refractivity contribution < 1.29 is 19.8 Å². The van der Waals surface area contributed by atoms with Crippen molar-refractivity contribution in [1.82, 2.24) is 10.6 Å². The van der Waals surface area contributed by atoms with Crippen molar-refractivity contribution in [1.29, 1.82) is 0 Å². The molecule has 0 unspecified atom stereocenters. The van der Waals surface area contributed by atoms with Crippen molar-refractivity contribution in [3.63, 3.8) is 0 Å². The molecule has 16 heavy (non-hydrogen) atoms. The second-order valence-corrected chi connectivity index (χ2v) is 3.83. The summed E-state index contributed by atoms with van der Waals surface area (Å²) in [5.41, 5.74) is 0. The molecule has 0 rings (SSSR count). The van der Waals surface area contributed by atoms with Gasteiger partial charge in [0.1, 0.15) is 6.04 Å². The highest BCUT2D eigenvalue weighted by molar-refractivity contribution is 5.83. The predicted molar refractivity (Wildman–Crippen MR) is 59.0 cm³/mol.